The number of hydrogen-bond acceptors (Lipinski definition) is 3. The first-order chi connectivity index (χ1) is 11.6. The van der Waals surface area contributed by atoms with E-state index in [2.05, 4.69) is 36.7 Å². The molecule has 0 aliphatic heterocycles. The molecule has 0 amide bonds. The predicted molar refractivity (Wildman–Crippen MR) is 105 cm³/mol. The summed E-state index contributed by atoms with van der Waals surface area (Å²) in [6.45, 7) is 9.88. The molecule has 0 atom stereocenters. The summed E-state index contributed by atoms with van der Waals surface area (Å²) in [5.74, 6) is 0.694. The zero-order chi connectivity index (χ0) is 18.8. The average Bonchev–Trinajstić information content (AvgIpc) is 2.50. The predicted octanol–water partition coefficient (Wildman–Crippen LogP) is 6.00. The van der Waals surface area contributed by atoms with E-state index in [-0.39, 0.29) is 12.0 Å². The van der Waals surface area contributed by atoms with E-state index in [4.69, 9.17) is 21.1 Å². The van der Waals surface area contributed by atoms with Gasteiger partial charge in [-0.25, -0.2) is 4.79 Å². The minimum atomic E-state index is -0.455. The van der Waals surface area contributed by atoms with Gasteiger partial charge in [0.25, 0.3) is 0 Å². The molecule has 0 N–H and O–H groups in total. The van der Waals surface area contributed by atoms with Crippen LogP contribution in [0.4, 0.5) is 0 Å². The van der Waals surface area contributed by atoms with Crippen LogP contribution in [0.2, 0.25) is 5.02 Å². The average molecular weight is 426 g/mol. The summed E-state index contributed by atoms with van der Waals surface area (Å²) >= 11 is 9.61. The Hall–Kier alpha value is -1.52. The maximum Gasteiger partial charge on any atom is 0.349 e. The molecule has 2 aromatic carbocycles. The number of rotatable bonds is 4. The largest absolute Gasteiger partial charge is 0.482 e. The van der Waals surface area contributed by atoms with Gasteiger partial charge in [0.15, 0.2) is 6.61 Å². The van der Waals surface area contributed by atoms with E-state index in [0.717, 1.165) is 21.2 Å². The fraction of sp³-hybridized carbons (Fsp3) is 0.350. The quantitative estimate of drug-likeness (QED) is 0.445. The van der Waals surface area contributed by atoms with Gasteiger partial charge in [-0.2, -0.15) is 0 Å². The molecule has 0 aliphatic carbocycles. The Bertz CT molecular complexity index is 771. The van der Waals surface area contributed by atoms with Crippen molar-refractivity contribution in [2.24, 2.45) is 0 Å². The Morgan fingerprint density at radius 1 is 1.12 bits per heavy atom. The van der Waals surface area contributed by atoms with Gasteiger partial charge < -0.3 is 9.47 Å². The number of carbonyl (C=O) groups is 1. The Labute approximate surface area is 162 Å². The van der Waals surface area contributed by atoms with Crippen LogP contribution >= 0.6 is 27.5 Å². The molecule has 25 heavy (non-hydrogen) atoms. The number of aryl methyl sites for hydroxylation is 2. The molecule has 0 bridgehead atoms. The third kappa shape index (κ3) is 5.23. The number of esters is 1. The van der Waals surface area contributed by atoms with Gasteiger partial charge in [0.05, 0.1) is 0 Å². The van der Waals surface area contributed by atoms with Crippen molar-refractivity contribution in [3.8, 4) is 11.5 Å². The molecule has 0 heterocycles. The lowest BCUT2D eigenvalue weighted by Crippen LogP contribution is -2.20. The first-order valence-corrected chi connectivity index (χ1v) is 9.15. The van der Waals surface area contributed by atoms with Gasteiger partial charge in [0, 0.05) is 15.1 Å². The lowest BCUT2D eigenvalue weighted by Gasteiger charge is -2.23. The standard InChI is InChI=1S/C20H22BrClO3/c1-12-8-15(9-13(2)19(12)22)25-18(23)11-24-17-7-6-14(21)10-16(17)20(3,4)5/h6-10H,11H2,1-5H3. The molecule has 0 unspecified atom stereocenters. The molecule has 2 rings (SSSR count). The van der Waals surface area contributed by atoms with Crippen LogP contribution < -0.4 is 9.47 Å². The van der Waals surface area contributed by atoms with Crippen molar-refractivity contribution < 1.29 is 14.3 Å². The highest BCUT2D eigenvalue weighted by Crippen LogP contribution is 2.33. The summed E-state index contributed by atoms with van der Waals surface area (Å²) in [4.78, 5) is 12.1. The number of hydrogen-bond donors (Lipinski definition) is 0. The van der Waals surface area contributed by atoms with Crippen LogP contribution in [0.5, 0.6) is 11.5 Å². The summed E-state index contributed by atoms with van der Waals surface area (Å²) in [6.07, 6.45) is 0. The summed E-state index contributed by atoms with van der Waals surface area (Å²) in [6, 6.07) is 9.24. The van der Waals surface area contributed by atoms with Crippen LogP contribution in [0.25, 0.3) is 0 Å². The first-order valence-electron chi connectivity index (χ1n) is 7.98. The van der Waals surface area contributed by atoms with Crippen molar-refractivity contribution in [3.63, 3.8) is 0 Å². The van der Waals surface area contributed by atoms with E-state index < -0.39 is 5.97 Å². The number of halogens is 2. The van der Waals surface area contributed by atoms with E-state index in [9.17, 15) is 4.79 Å². The Kier molecular flexibility index (Phi) is 6.17. The number of carbonyl (C=O) groups excluding carboxylic acids is 1. The SMILES string of the molecule is Cc1cc(OC(=O)COc2ccc(Br)cc2C(C)(C)C)cc(C)c1Cl. The molecule has 0 radical (unpaired) electrons. The summed E-state index contributed by atoms with van der Waals surface area (Å²) in [5, 5.41) is 0.681. The van der Waals surface area contributed by atoms with Gasteiger partial charge in [-0.15, -0.1) is 0 Å². The van der Waals surface area contributed by atoms with Gasteiger partial charge in [0.2, 0.25) is 0 Å². The van der Waals surface area contributed by atoms with Gasteiger partial charge in [-0.3, -0.25) is 0 Å². The molecule has 0 aliphatic rings. The van der Waals surface area contributed by atoms with Crippen molar-refractivity contribution in [1.82, 2.24) is 0 Å². The monoisotopic (exact) mass is 424 g/mol. The van der Waals surface area contributed by atoms with Gasteiger partial charge >= 0.3 is 5.97 Å². The first kappa shape index (κ1) is 19.8. The number of benzene rings is 2. The topological polar surface area (TPSA) is 35.5 Å². The zero-order valence-corrected chi connectivity index (χ0v) is 17.4. The molecular formula is C20H22BrClO3. The van der Waals surface area contributed by atoms with Crippen molar-refractivity contribution in [2.75, 3.05) is 6.61 Å². The van der Waals surface area contributed by atoms with Crippen molar-refractivity contribution in [3.05, 3.63) is 56.5 Å². The van der Waals surface area contributed by atoms with Crippen LogP contribution in [-0.4, -0.2) is 12.6 Å². The molecule has 0 fully saturated rings. The van der Waals surface area contributed by atoms with Gasteiger partial charge in [0.1, 0.15) is 11.5 Å². The fourth-order valence-corrected chi connectivity index (χ4v) is 2.95. The maximum absolute atomic E-state index is 12.1. The van der Waals surface area contributed by atoms with Crippen LogP contribution in [0, 0.1) is 13.8 Å². The van der Waals surface area contributed by atoms with Gasteiger partial charge in [-0.05, 0) is 60.7 Å². The third-order valence-corrected chi connectivity index (χ3v) is 4.83. The highest BCUT2D eigenvalue weighted by atomic mass is 79.9. The Morgan fingerprint density at radius 3 is 2.28 bits per heavy atom. The van der Waals surface area contributed by atoms with Crippen LogP contribution in [0.1, 0.15) is 37.5 Å². The highest BCUT2D eigenvalue weighted by molar-refractivity contribution is 9.10. The lowest BCUT2D eigenvalue weighted by molar-refractivity contribution is -0.136. The highest BCUT2D eigenvalue weighted by Gasteiger charge is 2.20. The van der Waals surface area contributed by atoms with Crippen molar-refractivity contribution in [2.45, 2.75) is 40.0 Å². The molecule has 3 nitrogen and oxygen atoms in total. The zero-order valence-electron chi connectivity index (χ0n) is 15.1. The molecule has 0 saturated heterocycles. The molecular weight excluding hydrogens is 404 g/mol. The van der Waals surface area contributed by atoms with Crippen LogP contribution in [0.3, 0.4) is 0 Å². The molecule has 2 aromatic rings. The minimum absolute atomic E-state index is 0.104. The normalized spacial score (nSPS) is 11.3. The second-order valence-electron chi connectivity index (χ2n) is 7.02. The maximum atomic E-state index is 12.1. The minimum Gasteiger partial charge on any atom is -0.482 e. The second-order valence-corrected chi connectivity index (χ2v) is 8.32. The summed E-state index contributed by atoms with van der Waals surface area (Å²) < 4.78 is 12.1. The van der Waals surface area contributed by atoms with E-state index in [1.807, 2.05) is 32.0 Å². The molecule has 134 valence electrons. The summed E-state index contributed by atoms with van der Waals surface area (Å²) in [5.41, 5.74) is 2.66. The fourth-order valence-electron chi connectivity index (χ4n) is 2.48. The second kappa shape index (κ2) is 7.79. The third-order valence-electron chi connectivity index (χ3n) is 3.74. The smallest absolute Gasteiger partial charge is 0.349 e. The van der Waals surface area contributed by atoms with E-state index in [1.165, 1.54) is 0 Å². The molecule has 5 heteroatoms. The lowest BCUT2D eigenvalue weighted by atomic mass is 9.86. The molecule has 0 spiro atoms. The van der Waals surface area contributed by atoms with Crippen LogP contribution in [0.15, 0.2) is 34.8 Å². The van der Waals surface area contributed by atoms with E-state index in [1.54, 1.807) is 12.1 Å². The van der Waals surface area contributed by atoms with Crippen LogP contribution in [-0.2, 0) is 10.2 Å². The number of ether oxygens (including phenoxy) is 2. The Balaban J connectivity index is 2.08. The van der Waals surface area contributed by atoms with E-state index in [0.29, 0.717) is 16.5 Å². The summed E-state index contributed by atoms with van der Waals surface area (Å²) in [7, 11) is 0. The molecule has 0 aromatic heterocycles. The molecule has 0 saturated carbocycles. The Morgan fingerprint density at radius 2 is 1.72 bits per heavy atom. The van der Waals surface area contributed by atoms with Crippen molar-refractivity contribution in [1.29, 1.82) is 0 Å². The van der Waals surface area contributed by atoms with Gasteiger partial charge in [-0.1, -0.05) is 48.3 Å². The van der Waals surface area contributed by atoms with Crippen molar-refractivity contribution >= 4 is 33.5 Å². The van der Waals surface area contributed by atoms with E-state index >= 15 is 0 Å².